The zero-order chi connectivity index (χ0) is 8.15. The molecule has 0 rings (SSSR count). The van der Waals surface area contributed by atoms with Crippen molar-refractivity contribution in [3.63, 3.8) is 0 Å². The number of carbonyl (C=O) groups is 2. The van der Waals surface area contributed by atoms with Crippen molar-refractivity contribution in [2.45, 2.75) is 0 Å². The second kappa shape index (κ2) is 3.84. The average Bonchev–Trinajstić information content (AvgIpc) is 1.85. The largest absolute Gasteiger partial charge is 0.480 e. The van der Waals surface area contributed by atoms with Crippen LogP contribution in [0.2, 0.25) is 0 Å². The van der Waals surface area contributed by atoms with Crippen molar-refractivity contribution in [1.29, 1.82) is 0 Å². The Morgan fingerprint density at radius 3 is 2.30 bits per heavy atom. The first kappa shape index (κ1) is 8.90. The molecule has 0 heterocycles. The Balaban J connectivity index is 3.72. The molecule has 0 radical (unpaired) electrons. The third-order valence-electron chi connectivity index (χ3n) is 0.933. The Bertz CT molecular complexity index is 145. The lowest BCUT2D eigenvalue weighted by molar-refractivity contribution is -0.144. The minimum absolute atomic E-state index is 0.376. The van der Waals surface area contributed by atoms with Gasteiger partial charge in [-0.3, -0.25) is 9.59 Å². The van der Waals surface area contributed by atoms with Crippen molar-refractivity contribution in [3.8, 4) is 0 Å². The quantitative estimate of drug-likeness (QED) is 0.510. The van der Waals surface area contributed by atoms with Crippen LogP contribution >= 0.6 is 0 Å². The van der Waals surface area contributed by atoms with E-state index in [1.54, 1.807) is 0 Å². The summed E-state index contributed by atoms with van der Waals surface area (Å²) in [5.74, 6) is -1.69. The third kappa shape index (κ3) is 3.03. The molecule has 0 unspecified atom stereocenters. The fourth-order valence-electron chi connectivity index (χ4n) is 0.412. The molecule has 10 heavy (non-hydrogen) atoms. The number of amides is 1. The molecule has 58 valence electrons. The van der Waals surface area contributed by atoms with E-state index in [9.17, 15) is 9.59 Å². The van der Waals surface area contributed by atoms with Gasteiger partial charge in [-0.1, -0.05) is 0 Å². The standard InChI is InChI=1S/C5H9NO4/c1-6(2-5(9)10)4(8)3-7/h7H,2-3H2,1H3,(H,9,10). The van der Waals surface area contributed by atoms with Gasteiger partial charge in [0.05, 0.1) is 0 Å². The van der Waals surface area contributed by atoms with Gasteiger partial charge in [-0.25, -0.2) is 0 Å². The number of carboxylic acids is 1. The maximum atomic E-state index is 10.5. The van der Waals surface area contributed by atoms with Gasteiger partial charge in [0, 0.05) is 7.05 Å². The zero-order valence-electron chi connectivity index (χ0n) is 5.57. The summed E-state index contributed by atoms with van der Waals surface area (Å²) in [5.41, 5.74) is 0. The molecular weight excluding hydrogens is 138 g/mol. The maximum Gasteiger partial charge on any atom is 0.323 e. The summed E-state index contributed by atoms with van der Waals surface area (Å²) in [6, 6.07) is 0. The first-order valence-corrected chi connectivity index (χ1v) is 2.64. The van der Waals surface area contributed by atoms with E-state index < -0.39 is 18.5 Å². The molecule has 0 aliphatic heterocycles. The second-order valence-electron chi connectivity index (χ2n) is 1.80. The lowest BCUT2D eigenvalue weighted by atomic mass is 10.5. The first-order valence-electron chi connectivity index (χ1n) is 2.64. The number of likely N-dealkylation sites (N-methyl/N-ethyl adjacent to an activating group) is 1. The van der Waals surface area contributed by atoms with Gasteiger partial charge in [-0.05, 0) is 0 Å². The van der Waals surface area contributed by atoms with E-state index in [4.69, 9.17) is 10.2 Å². The highest BCUT2D eigenvalue weighted by molar-refractivity contribution is 5.81. The van der Waals surface area contributed by atoms with E-state index in [0.29, 0.717) is 0 Å². The summed E-state index contributed by atoms with van der Waals surface area (Å²) in [6.07, 6.45) is 0. The lowest BCUT2D eigenvalue weighted by Gasteiger charge is -2.11. The van der Waals surface area contributed by atoms with Gasteiger partial charge in [0.25, 0.3) is 0 Å². The molecular formula is C5H9NO4. The average molecular weight is 147 g/mol. The molecule has 0 saturated heterocycles. The van der Waals surface area contributed by atoms with Crippen molar-refractivity contribution in [1.82, 2.24) is 4.90 Å². The minimum Gasteiger partial charge on any atom is -0.480 e. The fraction of sp³-hybridized carbons (Fsp3) is 0.600. The van der Waals surface area contributed by atoms with Crippen LogP contribution in [0, 0.1) is 0 Å². The van der Waals surface area contributed by atoms with E-state index in [-0.39, 0.29) is 6.54 Å². The molecule has 1 amide bonds. The van der Waals surface area contributed by atoms with Crippen LogP contribution < -0.4 is 0 Å². The van der Waals surface area contributed by atoms with Crippen LogP contribution in [0.4, 0.5) is 0 Å². The number of aliphatic hydroxyl groups excluding tert-OH is 1. The van der Waals surface area contributed by atoms with Crippen molar-refractivity contribution < 1.29 is 19.8 Å². The summed E-state index contributed by atoms with van der Waals surface area (Å²) < 4.78 is 0. The van der Waals surface area contributed by atoms with Crippen molar-refractivity contribution >= 4 is 11.9 Å². The highest BCUT2D eigenvalue weighted by Crippen LogP contribution is 1.81. The van der Waals surface area contributed by atoms with Crippen LogP contribution in [0.3, 0.4) is 0 Å². The minimum atomic E-state index is -1.09. The van der Waals surface area contributed by atoms with E-state index in [2.05, 4.69) is 0 Å². The topological polar surface area (TPSA) is 77.8 Å². The molecule has 0 atom stereocenters. The second-order valence-corrected chi connectivity index (χ2v) is 1.80. The predicted molar refractivity (Wildman–Crippen MR) is 32.4 cm³/mol. The Kier molecular flexibility index (Phi) is 3.42. The van der Waals surface area contributed by atoms with E-state index >= 15 is 0 Å². The molecule has 5 nitrogen and oxygen atoms in total. The highest BCUT2D eigenvalue weighted by Gasteiger charge is 2.09. The van der Waals surface area contributed by atoms with E-state index in [0.717, 1.165) is 4.90 Å². The third-order valence-corrected chi connectivity index (χ3v) is 0.933. The van der Waals surface area contributed by atoms with Crippen LogP contribution in [0.15, 0.2) is 0 Å². The summed E-state index contributed by atoms with van der Waals surface area (Å²) in [6.45, 7) is -1.02. The Morgan fingerprint density at radius 2 is 2.00 bits per heavy atom. The smallest absolute Gasteiger partial charge is 0.323 e. The van der Waals surface area contributed by atoms with Crippen molar-refractivity contribution in [2.24, 2.45) is 0 Å². The number of nitrogens with zero attached hydrogens (tertiary/aromatic N) is 1. The monoisotopic (exact) mass is 147 g/mol. The Hall–Kier alpha value is -1.10. The van der Waals surface area contributed by atoms with Crippen LogP contribution in [0.1, 0.15) is 0 Å². The van der Waals surface area contributed by atoms with Gasteiger partial charge in [0.2, 0.25) is 5.91 Å². The molecule has 0 saturated carbocycles. The molecule has 5 heteroatoms. The van der Waals surface area contributed by atoms with E-state index in [1.165, 1.54) is 7.05 Å². The highest BCUT2D eigenvalue weighted by atomic mass is 16.4. The number of aliphatic carboxylic acids is 1. The summed E-state index contributed by atoms with van der Waals surface area (Å²) in [7, 11) is 1.31. The van der Waals surface area contributed by atoms with Gasteiger partial charge < -0.3 is 15.1 Å². The van der Waals surface area contributed by atoms with Crippen LogP contribution in [0.25, 0.3) is 0 Å². The van der Waals surface area contributed by atoms with Gasteiger partial charge in [0.15, 0.2) is 0 Å². The van der Waals surface area contributed by atoms with Crippen molar-refractivity contribution in [3.05, 3.63) is 0 Å². The number of hydrogen-bond acceptors (Lipinski definition) is 3. The maximum absolute atomic E-state index is 10.5. The molecule has 0 aromatic heterocycles. The predicted octanol–water partition coefficient (Wildman–Crippen LogP) is -1.48. The number of carbonyl (C=O) groups excluding carboxylic acids is 1. The van der Waals surface area contributed by atoms with Gasteiger partial charge >= 0.3 is 5.97 Å². The van der Waals surface area contributed by atoms with Crippen molar-refractivity contribution in [2.75, 3.05) is 20.2 Å². The number of rotatable bonds is 3. The van der Waals surface area contributed by atoms with Gasteiger partial charge in [-0.15, -0.1) is 0 Å². The summed E-state index contributed by atoms with van der Waals surface area (Å²) in [5, 5.41) is 16.4. The first-order chi connectivity index (χ1) is 4.57. The molecule has 0 fully saturated rings. The summed E-state index contributed by atoms with van der Waals surface area (Å²) >= 11 is 0. The van der Waals surface area contributed by atoms with Gasteiger partial charge in [-0.2, -0.15) is 0 Å². The molecule has 0 aromatic rings. The van der Waals surface area contributed by atoms with E-state index in [1.807, 2.05) is 0 Å². The number of aliphatic hydroxyl groups is 1. The van der Waals surface area contributed by atoms with Crippen LogP contribution in [-0.4, -0.2) is 47.2 Å². The zero-order valence-corrected chi connectivity index (χ0v) is 5.57. The Morgan fingerprint density at radius 1 is 1.50 bits per heavy atom. The molecule has 2 N–H and O–H groups in total. The molecule has 0 aromatic carbocycles. The molecule has 0 spiro atoms. The van der Waals surface area contributed by atoms with Crippen LogP contribution in [0.5, 0.6) is 0 Å². The van der Waals surface area contributed by atoms with Gasteiger partial charge in [0.1, 0.15) is 13.2 Å². The number of carboxylic acid groups (broad SMARTS) is 1. The normalized spacial score (nSPS) is 9.00. The lowest BCUT2D eigenvalue weighted by Crippen LogP contribution is -2.33. The SMILES string of the molecule is CN(CC(=O)O)C(=O)CO. The molecule has 0 aliphatic carbocycles. The fourth-order valence-corrected chi connectivity index (χ4v) is 0.412. The molecule has 0 aliphatic rings. The molecule has 0 bridgehead atoms. The summed E-state index contributed by atoms with van der Waals surface area (Å²) in [4.78, 5) is 21.3. The number of hydrogen-bond donors (Lipinski definition) is 2. The Labute approximate surface area is 57.9 Å². The van der Waals surface area contributed by atoms with Crippen LogP contribution in [-0.2, 0) is 9.59 Å².